The Bertz CT molecular complexity index is 709. The molecule has 0 amide bonds. The normalized spacial score (nSPS) is 21.7. The van der Waals surface area contributed by atoms with Gasteiger partial charge in [-0.1, -0.05) is 12.4 Å². The summed E-state index contributed by atoms with van der Waals surface area (Å²) in [7, 11) is 1.08. The van der Waals surface area contributed by atoms with E-state index in [-0.39, 0.29) is 12.0 Å². The number of alkyl halides is 3. The van der Waals surface area contributed by atoms with Gasteiger partial charge in [-0.15, -0.1) is 0 Å². The third-order valence-electron chi connectivity index (χ3n) is 6.14. The molecular formula is C20H27BF3N2O3. The molecule has 1 aliphatic carbocycles. The van der Waals surface area contributed by atoms with Gasteiger partial charge in [-0.3, -0.25) is 9.69 Å². The molecule has 3 rings (SSSR count). The lowest BCUT2D eigenvalue weighted by atomic mass is 9.87. The predicted octanol–water partition coefficient (Wildman–Crippen LogP) is 2.87. The molecule has 1 fully saturated rings. The summed E-state index contributed by atoms with van der Waals surface area (Å²) in [5.41, 5.74) is 1.16. The lowest BCUT2D eigenvalue weighted by Crippen LogP contribution is -2.48. The smallest absolute Gasteiger partial charge is 0.416 e. The van der Waals surface area contributed by atoms with Gasteiger partial charge in [0.1, 0.15) is 6.04 Å². The highest BCUT2D eigenvalue weighted by Crippen LogP contribution is 2.40. The molecule has 1 saturated heterocycles. The number of aryl methyl sites for hydroxylation is 1. The Balaban J connectivity index is 1.58. The van der Waals surface area contributed by atoms with E-state index in [0.717, 1.165) is 57.0 Å². The van der Waals surface area contributed by atoms with Gasteiger partial charge in [0.2, 0.25) is 0 Å². The van der Waals surface area contributed by atoms with Crippen LogP contribution < -0.4 is 5.32 Å². The van der Waals surface area contributed by atoms with E-state index in [1.54, 1.807) is 6.07 Å². The van der Waals surface area contributed by atoms with Crippen LogP contribution in [0.15, 0.2) is 18.2 Å². The molecule has 1 aromatic carbocycles. The van der Waals surface area contributed by atoms with E-state index in [0.29, 0.717) is 25.7 Å². The van der Waals surface area contributed by atoms with Gasteiger partial charge in [-0.2, -0.15) is 13.2 Å². The van der Waals surface area contributed by atoms with Crippen LogP contribution in [-0.2, 0) is 17.4 Å². The third-order valence-corrected chi connectivity index (χ3v) is 6.14. The van der Waals surface area contributed by atoms with E-state index in [4.69, 9.17) is 5.02 Å². The quantitative estimate of drug-likeness (QED) is 0.453. The van der Waals surface area contributed by atoms with E-state index >= 15 is 0 Å². The average Bonchev–Trinajstić information content (AvgIpc) is 3.10. The first-order valence-electron chi connectivity index (χ1n) is 10.2. The fourth-order valence-corrected chi connectivity index (χ4v) is 4.62. The first-order valence-corrected chi connectivity index (χ1v) is 10.2. The maximum Gasteiger partial charge on any atom is 0.416 e. The number of aliphatic carboxylic acids is 1. The van der Waals surface area contributed by atoms with Gasteiger partial charge in [0, 0.05) is 6.04 Å². The molecule has 3 N–H and O–H groups in total. The molecule has 9 heteroatoms. The molecule has 2 aliphatic rings. The summed E-state index contributed by atoms with van der Waals surface area (Å²) in [4.78, 5) is 13.9. The molecule has 5 nitrogen and oxygen atoms in total. The topological polar surface area (TPSA) is 72.8 Å². The maximum absolute atomic E-state index is 12.9. The van der Waals surface area contributed by atoms with Crippen molar-refractivity contribution in [3.63, 3.8) is 0 Å². The number of likely N-dealkylation sites (tertiary alicyclic amines) is 1. The molecule has 1 heterocycles. The van der Waals surface area contributed by atoms with Crippen molar-refractivity contribution in [1.82, 2.24) is 10.2 Å². The van der Waals surface area contributed by atoms with Crippen LogP contribution in [-0.4, -0.2) is 54.2 Å². The van der Waals surface area contributed by atoms with Crippen molar-refractivity contribution < 1.29 is 28.1 Å². The molecule has 2 unspecified atom stereocenters. The highest BCUT2D eigenvalue weighted by atomic mass is 19.4. The first kappa shape index (κ1) is 22.1. The van der Waals surface area contributed by atoms with Crippen molar-refractivity contribution in [3.05, 3.63) is 34.9 Å². The number of rotatable bonds is 8. The fraction of sp³-hybridized carbons (Fsp3) is 0.650. The van der Waals surface area contributed by atoms with Gasteiger partial charge in [0.05, 0.1) is 5.56 Å². The standard InChI is InChI=1S/C20H27BF3N2O3/c22-20(23,24)15-3-4-16-14(12-15)2-5-17(16)26-10-6-13(7-11-26)18(19(27)28)25-9-1-8-21-29/h3-4,12-13,17-18,25,29H,1-2,5-11H2,(H,27,28). The summed E-state index contributed by atoms with van der Waals surface area (Å²) in [5, 5.41) is 21.4. The molecule has 0 bridgehead atoms. The van der Waals surface area contributed by atoms with Gasteiger partial charge < -0.3 is 15.4 Å². The molecule has 0 spiro atoms. The highest BCUT2D eigenvalue weighted by Gasteiger charge is 2.37. The zero-order valence-corrected chi connectivity index (χ0v) is 16.3. The zero-order valence-electron chi connectivity index (χ0n) is 16.3. The Kier molecular flexibility index (Phi) is 7.24. The molecular weight excluding hydrogens is 384 g/mol. The van der Waals surface area contributed by atoms with E-state index in [1.807, 2.05) is 0 Å². The van der Waals surface area contributed by atoms with E-state index in [2.05, 4.69) is 10.2 Å². The summed E-state index contributed by atoms with van der Waals surface area (Å²) in [5.74, 6) is -0.836. The summed E-state index contributed by atoms with van der Waals surface area (Å²) < 4.78 is 38.8. The Labute approximate surface area is 169 Å². The molecule has 1 aromatic rings. The van der Waals surface area contributed by atoms with E-state index in [9.17, 15) is 23.1 Å². The van der Waals surface area contributed by atoms with Crippen LogP contribution >= 0.6 is 0 Å². The van der Waals surface area contributed by atoms with Crippen molar-refractivity contribution in [2.75, 3.05) is 19.6 Å². The minimum Gasteiger partial charge on any atom is -0.480 e. The summed E-state index contributed by atoms with van der Waals surface area (Å²) in [6, 6.07) is 3.56. The minimum absolute atomic E-state index is 0.0235. The van der Waals surface area contributed by atoms with Gasteiger partial charge in [-0.25, -0.2) is 0 Å². The SMILES string of the molecule is O=C(O)C(NCCC[B]O)C1CCN(C2CCc3cc(C(F)(F)F)ccc32)CC1. The second-order valence-corrected chi connectivity index (χ2v) is 7.93. The molecule has 0 saturated carbocycles. The number of carboxylic acid groups (broad SMARTS) is 1. The summed E-state index contributed by atoms with van der Waals surface area (Å²) in [6.07, 6.45) is -0.192. The van der Waals surface area contributed by atoms with Crippen LogP contribution in [0.25, 0.3) is 0 Å². The number of nitrogens with one attached hydrogen (secondary N) is 1. The Morgan fingerprint density at radius 2 is 2.00 bits per heavy atom. The summed E-state index contributed by atoms with van der Waals surface area (Å²) in [6.45, 7) is 2.02. The van der Waals surface area contributed by atoms with Gasteiger partial charge in [0.25, 0.3) is 7.48 Å². The van der Waals surface area contributed by atoms with Crippen LogP contribution in [0.3, 0.4) is 0 Å². The number of piperidine rings is 1. The summed E-state index contributed by atoms with van der Waals surface area (Å²) >= 11 is 0. The number of carbonyl (C=O) groups is 1. The number of halogens is 3. The van der Waals surface area contributed by atoms with Crippen molar-refractivity contribution in [3.8, 4) is 0 Å². The van der Waals surface area contributed by atoms with E-state index in [1.165, 1.54) is 6.07 Å². The number of fused-ring (bicyclic) bond motifs is 1. The molecule has 0 aromatic heterocycles. The molecule has 159 valence electrons. The second kappa shape index (κ2) is 9.49. The first-order chi connectivity index (χ1) is 13.8. The van der Waals surface area contributed by atoms with Gasteiger partial charge in [-0.05, 0) is 80.9 Å². The highest BCUT2D eigenvalue weighted by molar-refractivity contribution is 6.25. The maximum atomic E-state index is 12.9. The van der Waals surface area contributed by atoms with Crippen LogP contribution in [0.5, 0.6) is 0 Å². The largest absolute Gasteiger partial charge is 0.480 e. The average molecular weight is 411 g/mol. The van der Waals surface area contributed by atoms with Crippen molar-refractivity contribution in [2.24, 2.45) is 5.92 Å². The molecule has 1 radical (unpaired) electrons. The minimum atomic E-state index is -4.32. The Morgan fingerprint density at radius 1 is 1.28 bits per heavy atom. The number of carboxylic acids is 1. The molecule has 1 aliphatic heterocycles. The predicted molar refractivity (Wildman–Crippen MR) is 104 cm³/mol. The molecule has 2 atom stereocenters. The zero-order chi connectivity index (χ0) is 21.0. The van der Waals surface area contributed by atoms with Gasteiger partial charge in [0.15, 0.2) is 0 Å². The number of hydrogen-bond acceptors (Lipinski definition) is 4. The Morgan fingerprint density at radius 3 is 2.62 bits per heavy atom. The lowest BCUT2D eigenvalue weighted by Gasteiger charge is -2.38. The Hall–Kier alpha value is -1.58. The van der Waals surface area contributed by atoms with Crippen LogP contribution in [0, 0.1) is 5.92 Å². The number of hydrogen-bond donors (Lipinski definition) is 3. The second-order valence-electron chi connectivity index (χ2n) is 7.93. The van der Waals surface area contributed by atoms with Crippen LogP contribution in [0.4, 0.5) is 13.2 Å². The monoisotopic (exact) mass is 411 g/mol. The fourth-order valence-electron chi connectivity index (χ4n) is 4.62. The van der Waals surface area contributed by atoms with Gasteiger partial charge >= 0.3 is 12.1 Å². The molecule has 29 heavy (non-hydrogen) atoms. The third kappa shape index (κ3) is 5.32. The number of nitrogens with zero attached hydrogens (tertiary/aromatic N) is 1. The van der Waals surface area contributed by atoms with E-state index < -0.39 is 23.8 Å². The van der Waals surface area contributed by atoms with Crippen LogP contribution in [0.1, 0.15) is 48.4 Å². The lowest BCUT2D eigenvalue weighted by molar-refractivity contribution is -0.141. The van der Waals surface area contributed by atoms with Crippen molar-refractivity contribution in [1.29, 1.82) is 0 Å². The van der Waals surface area contributed by atoms with Crippen LogP contribution in [0.2, 0.25) is 6.32 Å². The van der Waals surface area contributed by atoms with Crippen molar-refractivity contribution in [2.45, 2.75) is 56.7 Å². The van der Waals surface area contributed by atoms with Crippen molar-refractivity contribution >= 4 is 13.5 Å². The number of benzene rings is 1.